The van der Waals surface area contributed by atoms with Crippen LogP contribution in [0.15, 0.2) is 23.1 Å². The fourth-order valence-electron chi connectivity index (χ4n) is 3.33. The van der Waals surface area contributed by atoms with Crippen LogP contribution in [-0.4, -0.2) is 58.4 Å². The number of pyridine rings is 1. The lowest BCUT2D eigenvalue weighted by molar-refractivity contribution is -0.123. The van der Waals surface area contributed by atoms with Gasteiger partial charge in [0.2, 0.25) is 5.91 Å². The molecular weight excluding hydrogens is 296 g/mol. The predicted molar refractivity (Wildman–Crippen MR) is 84.9 cm³/mol. The number of aryl methyl sites for hydroxylation is 1. The molecule has 1 aromatic rings. The van der Waals surface area contributed by atoms with E-state index in [1.165, 1.54) is 4.57 Å². The van der Waals surface area contributed by atoms with E-state index in [9.17, 15) is 14.4 Å². The van der Waals surface area contributed by atoms with Crippen molar-refractivity contribution in [2.24, 2.45) is 18.7 Å². The van der Waals surface area contributed by atoms with Gasteiger partial charge in [-0.05, 0) is 38.1 Å². The molecule has 124 valence electrons. The maximum atomic E-state index is 12.4. The fraction of sp³-hybridized carbons (Fsp3) is 0.562. The Hall–Kier alpha value is -2.15. The van der Waals surface area contributed by atoms with Crippen molar-refractivity contribution in [3.05, 3.63) is 34.2 Å². The van der Waals surface area contributed by atoms with Gasteiger partial charge < -0.3 is 15.2 Å². The normalized spacial score (nSPS) is 20.3. The number of carbonyl (C=O) groups is 2. The summed E-state index contributed by atoms with van der Waals surface area (Å²) in [6.07, 6.45) is 3.22. The number of rotatable bonds is 3. The molecule has 2 N–H and O–H groups in total. The number of aromatic nitrogens is 1. The van der Waals surface area contributed by atoms with Crippen molar-refractivity contribution in [1.82, 2.24) is 14.4 Å². The summed E-state index contributed by atoms with van der Waals surface area (Å²) < 4.78 is 1.42. The average Bonchev–Trinajstić information content (AvgIpc) is 2.49. The van der Waals surface area contributed by atoms with Crippen molar-refractivity contribution in [2.45, 2.75) is 18.9 Å². The van der Waals surface area contributed by atoms with E-state index in [1.807, 2.05) is 0 Å². The van der Waals surface area contributed by atoms with Crippen molar-refractivity contribution in [3.63, 3.8) is 0 Å². The number of nitrogens with two attached hydrogens (primary N) is 1. The molecule has 23 heavy (non-hydrogen) atoms. The highest BCUT2D eigenvalue weighted by atomic mass is 16.2. The molecule has 7 heteroatoms. The zero-order valence-corrected chi connectivity index (χ0v) is 13.3. The first-order valence-electron chi connectivity index (χ1n) is 7.95. The van der Waals surface area contributed by atoms with Gasteiger partial charge in [-0.2, -0.15) is 0 Å². The molecule has 2 aliphatic heterocycles. The summed E-state index contributed by atoms with van der Waals surface area (Å²) in [5, 5.41) is 0. The first-order chi connectivity index (χ1) is 11.0. The van der Waals surface area contributed by atoms with Crippen LogP contribution in [0.4, 0.5) is 0 Å². The van der Waals surface area contributed by atoms with Crippen LogP contribution < -0.4 is 11.3 Å². The van der Waals surface area contributed by atoms with Crippen LogP contribution in [0.3, 0.4) is 0 Å². The summed E-state index contributed by atoms with van der Waals surface area (Å²) in [5.74, 6) is -0.430. The molecule has 0 aromatic carbocycles. The van der Waals surface area contributed by atoms with Gasteiger partial charge in [0.1, 0.15) is 5.56 Å². The SMILES string of the molecule is Cn1cccc(C(=O)N2CC(N3CCC(C(N)=O)CC3)C2)c1=O. The molecular formula is C16H22N4O3. The van der Waals surface area contributed by atoms with E-state index in [0.717, 1.165) is 25.9 Å². The molecule has 7 nitrogen and oxygen atoms in total. The monoisotopic (exact) mass is 318 g/mol. The number of nitrogens with zero attached hydrogens (tertiary/aromatic N) is 3. The second kappa shape index (κ2) is 6.16. The lowest BCUT2D eigenvalue weighted by atomic mass is 9.93. The van der Waals surface area contributed by atoms with E-state index in [2.05, 4.69) is 4.90 Å². The highest BCUT2D eigenvalue weighted by Crippen LogP contribution is 2.23. The van der Waals surface area contributed by atoms with Crippen LogP contribution in [-0.2, 0) is 11.8 Å². The van der Waals surface area contributed by atoms with Crippen molar-refractivity contribution in [1.29, 1.82) is 0 Å². The molecule has 3 rings (SSSR count). The second-order valence-electron chi connectivity index (χ2n) is 6.41. The number of piperidine rings is 1. The lowest BCUT2D eigenvalue weighted by Crippen LogP contribution is -2.62. The summed E-state index contributed by atoms with van der Waals surface area (Å²) in [5.41, 5.74) is 5.31. The van der Waals surface area contributed by atoms with E-state index in [1.54, 1.807) is 30.3 Å². The Morgan fingerprint density at radius 3 is 2.48 bits per heavy atom. The van der Waals surface area contributed by atoms with Crippen LogP contribution in [0.1, 0.15) is 23.2 Å². The molecule has 0 spiro atoms. The molecule has 2 saturated heterocycles. The molecule has 2 fully saturated rings. The van der Waals surface area contributed by atoms with E-state index in [-0.39, 0.29) is 28.9 Å². The van der Waals surface area contributed by atoms with Crippen molar-refractivity contribution in [3.8, 4) is 0 Å². The largest absolute Gasteiger partial charge is 0.369 e. The number of hydrogen-bond acceptors (Lipinski definition) is 4. The predicted octanol–water partition coefficient (Wildman–Crippen LogP) is -0.593. The maximum Gasteiger partial charge on any atom is 0.263 e. The van der Waals surface area contributed by atoms with E-state index in [4.69, 9.17) is 5.73 Å². The molecule has 0 bridgehead atoms. The maximum absolute atomic E-state index is 12.4. The Morgan fingerprint density at radius 1 is 1.22 bits per heavy atom. The minimum absolute atomic E-state index is 0.0172. The van der Waals surface area contributed by atoms with Crippen LogP contribution in [0.25, 0.3) is 0 Å². The minimum Gasteiger partial charge on any atom is -0.369 e. The number of carbonyl (C=O) groups excluding carboxylic acids is 2. The van der Waals surface area contributed by atoms with Gasteiger partial charge in [-0.25, -0.2) is 0 Å². The van der Waals surface area contributed by atoms with E-state index in [0.29, 0.717) is 19.1 Å². The first kappa shape index (κ1) is 15.7. The van der Waals surface area contributed by atoms with Gasteiger partial charge in [0.25, 0.3) is 11.5 Å². The van der Waals surface area contributed by atoms with Gasteiger partial charge in [0.15, 0.2) is 0 Å². The number of likely N-dealkylation sites (tertiary alicyclic amines) is 2. The average molecular weight is 318 g/mol. The van der Waals surface area contributed by atoms with E-state index >= 15 is 0 Å². The molecule has 0 aliphatic carbocycles. The summed E-state index contributed by atoms with van der Waals surface area (Å²) >= 11 is 0. The summed E-state index contributed by atoms with van der Waals surface area (Å²) in [4.78, 5) is 39.6. The Balaban J connectivity index is 1.55. The highest BCUT2D eigenvalue weighted by Gasteiger charge is 2.37. The first-order valence-corrected chi connectivity index (χ1v) is 7.95. The highest BCUT2D eigenvalue weighted by molar-refractivity contribution is 5.94. The smallest absolute Gasteiger partial charge is 0.263 e. The van der Waals surface area contributed by atoms with Gasteiger partial charge in [0.05, 0.1) is 0 Å². The Labute approximate surface area is 134 Å². The second-order valence-corrected chi connectivity index (χ2v) is 6.41. The zero-order valence-electron chi connectivity index (χ0n) is 13.3. The summed E-state index contributed by atoms with van der Waals surface area (Å²) in [6, 6.07) is 3.61. The third-order valence-electron chi connectivity index (χ3n) is 4.95. The Kier molecular flexibility index (Phi) is 4.21. The van der Waals surface area contributed by atoms with Crippen molar-refractivity contribution < 1.29 is 9.59 Å². The van der Waals surface area contributed by atoms with E-state index < -0.39 is 0 Å². The van der Waals surface area contributed by atoms with Crippen LogP contribution >= 0.6 is 0 Å². The van der Waals surface area contributed by atoms with Gasteiger partial charge in [-0.15, -0.1) is 0 Å². The molecule has 2 aliphatic rings. The van der Waals surface area contributed by atoms with Crippen LogP contribution in [0.2, 0.25) is 0 Å². The fourth-order valence-corrected chi connectivity index (χ4v) is 3.33. The number of hydrogen-bond donors (Lipinski definition) is 1. The van der Waals surface area contributed by atoms with Crippen molar-refractivity contribution in [2.75, 3.05) is 26.2 Å². The van der Waals surface area contributed by atoms with Crippen LogP contribution in [0, 0.1) is 5.92 Å². The van der Waals surface area contributed by atoms with Crippen LogP contribution in [0.5, 0.6) is 0 Å². The zero-order chi connectivity index (χ0) is 16.6. The lowest BCUT2D eigenvalue weighted by Gasteiger charge is -2.47. The molecule has 2 amide bonds. The molecule has 0 atom stereocenters. The quantitative estimate of drug-likeness (QED) is 0.806. The Bertz CT molecular complexity index is 670. The topological polar surface area (TPSA) is 88.6 Å². The molecule has 0 unspecified atom stereocenters. The van der Waals surface area contributed by atoms with Gasteiger partial charge in [-0.3, -0.25) is 19.3 Å². The molecule has 1 aromatic heterocycles. The van der Waals surface area contributed by atoms with Crippen molar-refractivity contribution >= 4 is 11.8 Å². The standard InChI is InChI=1S/C16H22N4O3/c1-18-6-2-3-13(15(18)22)16(23)20-9-12(10-20)19-7-4-11(5-8-19)14(17)21/h2-3,6,11-12H,4-5,7-10H2,1H3,(H2,17,21). The summed E-state index contributed by atoms with van der Waals surface area (Å²) in [6.45, 7) is 2.96. The number of primary amides is 1. The Morgan fingerprint density at radius 2 is 1.87 bits per heavy atom. The third-order valence-corrected chi connectivity index (χ3v) is 4.95. The third kappa shape index (κ3) is 3.01. The van der Waals surface area contributed by atoms with Gasteiger partial charge in [-0.1, -0.05) is 0 Å². The molecule has 3 heterocycles. The summed E-state index contributed by atoms with van der Waals surface area (Å²) in [7, 11) is 1.64. The van der Waals surface area contributed by atoms with Gasteiger partial charge in [0, 0.05) is 38.3 Å². The minimum atomic E-state index is -0.261. The van der Waals surface area contributed by atoms with Gasteiger partial charge >= 0.3 is 0 Å². The number of amides is 2. The molecule has 0 radical (unpaired) electrons. The molecule has 0 saturated carbocycles.